The van der Waals surface area contributed by atoms with E-state index in [1.807, 2.05) is 31.4 Å². The molecule has 2 aromatic rings. The zero-order chi connectivity index (χ0) is 15.4. The molecule has 0 aliphatic rings. The largest absolute Gasteiger partial charge is 0.477 e. The fourth-order valence-corrected chi connectivity index (χ4v) is 3.10. The van der Waals surface area contributed by atoms with E-state index < -0.39 is 5.97 Å². The van der Waals surface area contributed by atoms with E-state index in [1.54, 1.807) is 23.6 Å². The van der Waals surface area contributed by atoms with Gasteiger partial charge >= 0.3 is 5.97 Å². The number of nitrogens with one attached hydrogen (secondary N) is 1. The van der Waals surface area contributed by atoms with Gasteiger partial charge in [0.15, 0.2) is 0 Å². The van der Waals surface area contributed by atoms with Crippen LogP contribution >= 0.6 is 11.3 Å². The van der Waals surface area contributed by atoms with Crippen LogP contribution in [0.2, 0.25) is 0 Å². The monoisotopic (exact) mass is 306 g/mol. The summed E-state index contributed by atoms with van der Waals surface area (Å²) in [4.78, 5) is 24.3. The van der Waals surface area contributed by atoms with Crippen LogP contribution in [-0.4, -0.2) is 21.6 Å². The Labute approximate surface area is 127 Å². The number of amides is 1. The van der Waals surface area contributed by atoms with Crippen molar-refractivity contribution in [1.82, 2.24) is 9.88 Å². The van der Waals surface area contributed by atoms with Crippen molar-refractivity contribution in [1.29, 1.82) is 0 Å². The molecule has 112 valence electrons. The lowest BCUT2D eigenvalue weighted by molar-refractivity contribution is -0.122. The molecule has 0 aliphatic heterocycles. The average Bonchev–Trinajstić information content (AvgIpc) is 3.06. The minimum absolute atomic E-state index is 0.00320. The number of aromatic nitrogens is 1. The van der Waals surface area contributed by atoms with Crippen LogP contribution in [0.15, 0.2) is 35.8 Å². The highest BCUT2D eigenvalue weighted by Crippen LogP contribution is 2.25. The molecule has 1 amide bonds. The minimum atomic E-state index is -1.04. The molecule has 1 unspecified atom stereocenters. The predicted molar refractivity (Wildman–Crippen MR) is 81.4 cm³/mol. The summed E-state index contributed by atoms with van der Waals surface area (Å²) in [5.41, 5.74) is 0.113. The molecule has 0 spiro atoms. The SMILES string of the molecule is CC(C)C(NC(=O)Cn1cccc1C(=O)O)c1cccs1. The number of nitrogens with zero attached hydrogens (tertiary/aromatic N) is 1. The molecule has 1 atom stereocenters. The number of rotatable bonds is 6. The number of thiophene rings is 1. The van der Waals surface area contributed by atoms with E-state index in [2.05, 4.69) is 5.32 Å². The van der Waals surface area contributed by atoms with Gasteiger partial charge in [0.25, 0.3) is 0 Å². The van der Waals surface area contributed by atoms with Gasteiger partial charge in [-0.05, 0) is 29.5 Å². The van der Waals surface area contributed by atoms with Gasteiger partial charge in [-0.1, -0.05) is 19.9 Å². The van der Waals surface area contributed by atoms with Gasteiger partial charge in [0.2, 0.25) is 5.91 Å². The summed E-state index contributed by atoms with van der Waals surface area (Å²) in [5, 5.41) is 14.0. The van der Waals surface area contributed by atoms with Crippen LogP contribution in [-0.2, 0) is 11.3 Å². The number of carbonyl (C=O) groups excluding carboxylic acids is 1. The van der Waals surface area contributed by atoms with Crippen molar-refractivity contribution in [2.75, 3.05) is 0 Å². The Morgan fingerprint density at radius 3 is 2.67 bits per heavy atom. The number of carboxylic acids is 1. The number of carboxylic acid groups (broad SMARTS) is 1. The summed E-state index contributed by atoms with van der Waals surface area (Å²) >= 11 is 1.60. The maximum Gasteiger partial charge on any atom is 0.352 e. The molecule has 0 bridgehead atoms. The number of aromatic carboxylic acids is 1. The topological polar surface area (TPSA) is 71.3 Å². The minimum Gasteiger partial charge on any atom is -0.477 e. The second kappa shape index (κ2) is 6.58. The van der Waals surface area contributed by atoms with E-state index in [-0.39, 0.29) is 30.1 Å². The molecule has 2 heterocycles. The normalized spacial score (nSPS) is 12.3. The number of carbonyl (C=O) groups is 2. The lowest BCUT2D eigenvalue weighted by Crippen LogP contribution is -2.34. The highest BCUT2D eigenvalue weighted by molar-refractivity contribution is 7.10. The van der Waals surface area contributed by atoms with Crippen LogP contribution in [0.3, 0.4) is 0 Å². The molecule has 0 saturated carbocycles. The molecule has 0 aromatic carbocycles. The van der Waals surface area contributed by atoms with E-state index in [4.69, 9.17) is 5.11 Å². The van der Waals surface area contributed by atoms with Crippen LogP contribution < -0.4 is 5.32 Å². The molecular formula is C15H18N2O3S. The van der Waals surface area contributed by atoms with Crippen LogP contribution in [0, 0.1) is 5.92 Å². The second-order valence-electron chi connectivity index (χ2n) is 5.13. The summed E-state index contributed by atoms with van der Waals surface area (Å²) in [6.45, 7) is 4.09. The Morgan fingerprint density at radius 2 is 2.10 bits per heavy atom. The Morgan fingerprint density at radius 1 is 1.33 bits per heavy atom. The van der Waals surface area contributed by atoms with E-state index in [0.717, 1.165) is 4.88 Å². The maximum atomic E-state index is 12.2. The van der Waals surface area contributed by atoms with E-state index in [9.17, 15) is 9.59 Å². The predicted octanol–water partition coefficient (Wildman–Crippen LogP) is 2.76. The Hall–Kier alpha value is -2.08. The lowest BCUT2D eigenvalue weighted by Gasteiger charge is -2.21. The van der Waals surface area contributed by atoms with Crippen molar-refractivity contribution < 1.29 is 14.7 Å². The second-order valence-corrected chi connectivity index (χ2v) is 6.11. The third kappa shape index (κ3) is 3.72. The lowest BCUT2D eigenvalue weighted by atomic mass is 10.0. The quantitative estimate of drug-likeness (QED) is 0.862. The van der Waals surface area contributed by atoms with Crippen molar-refractivity contribution in [2.24, 2.45) is 5.92 Å². The van der Waals surface area contributed by atoms with Crippen molar-refractivity contribution in [3.8, 4) is 0 Å². The summed E-state index contributed by atoms with van der Waals surface area (Å²) < 4.78 is 1.43. The molecule has 0 saturated heterocycles. The van der Waals surface area contributed by atoms with Gasteiger partial charge in [0.1, 0.15) is 12.2 Å². The Bertz CT molecular complexity index is 617. The fourth-order valence-electron chi connectivity index (χ4n) is 2.15. The van der Waals surface area contributed by atoms with Gasteiger partial charge in [0.05, 0.1) is 6.04 Å². The summed E-state index contributed by atoms with van der Waals surface area (Å²) in [5.74, 6) is -0.969. The molecule has 6 heteroatoms. The van der Waals surface area contributed by atoms with Gasteiger partial charge in [-0.2, -0.15) is 0 Å². The number of hydrogen-bond donors (Lipinski definition) is 2. The Balaban J connectivity index is 2.06. The number of hydrogen-bond acceptors (Lipinski definition) is 3. The van der Waals surface area contributed by atoms with E-state index in [1.165, 1.54) is 10.6 Å². The van der Waals surface area contributed by atoms with Gasteiger partial charge in [-0.25, -0.2) is 4.79 Å². The first-order valence-electron chi connectivity index (χ1n) is 6.70. The molecular weight excluding hydrogens is 288 g/mol. The van der Waals surface area contributed by atoms with E-state index >= 15 is 0 Å². The standard InChI is InChI=1S/C15H18N2O3S/c1-10(2)14(12-6-4-8-21-12)16-13(18)9-17-7-3-5-11(17)15(19)20/h3-8,10,14H,9H2,1-2H3,(H,16,18)(H,19,20). The molecule has 2 rings (SSSR count). The fraction of sp³-hybridized carbons (Fsp3) is 0.333. The first kappa shape index (κ1) is 15.3. The van der Waals surface area contributed by atoms with Crippen molar-refractivity contribution in [2.45, 2.75) is 26.4 Å². The van der Waals surface area contributed by atoms with Crippen molar-refractivity contribution >= 4 is 23.2 Å². The molecule has 0 fully saturated rings. The smallest absolute Gasteiger partial charge is 0.352 e. The Kier molecular flexibility index (Phi) is 4.80. The van der Waals surface area contributed by atoms with Gasteiger partial charge < -0.3 is 15.0 Å². The van der Waals surface area contributed by atoms with Crippen LogP contribution in [0.1, 0.15) is 35.3 Å². The van der Waals surface area contributed by atoms with Crippen LogP contribution in [0.4, 0.5) is 0 Å². The summed E-state index contributed by atoms with van der Waals surface area (Å²) in [6, 6.07) is 7.00. The first-order valence-corrected chi connectivity index (χ1v) is 7.58. The zero-order valence-corrected chi connectivity index (χ0v) is 12.8. The summed E-state index contributed by atoms with van der Waals surface area (Å²) in [6.07, 6.45) is 1.60. The summed E-state index contributed by atoms with van der Waals surface area (Å²) in [7, 11) is 0. The van der Waals surface area contributed by atoms with Gasteiger partial charge in [-0.15, -0.1) is 11.3 Å². The van der Waals surface area contributed by atoms with E-state index in [0.29, 0.717) is 0 Å². The molecule has 2 N–H and O–H groups in total. The maximum absolute atomic E-state index is 12.2. The molecule has 0 aliphatic carbocycles. The highest BCUT2D eigenvalue weighted by Gasteiger charge is 2.20. The average molecular weight is 306 g/mol. The van der Waals surface area contributed by atoms with Crippen LogP contribution in [0.5, 0.6) is 0 Å². The zero-order valence-electron chi connectivity index (χ0n) is 11.9. The molecule has 21 heavy (non-hydrogen) atoms. The van der Waals surface area contributed by atoms with Crippen molar-refractivity contribution in [3.05, 3.63) is 46.4 Å². The molecule has 5 nitrogen and oxygen atoms in total. The highest BCUT2D eigenvalue weighted by atomic mass is 32.1. The third-order valence-electron chi connectivity index (χ3n) is 3.20. The van der Waals surface area contributed by atoms with Gasteiger partial charge in [0, 0.05) is 11.1 Å². The third-order valence-corrected chi connectivity index (χ3v) is 4.15. The van der Waals surface area contributed by atoms with Crippen molar-refractivity contribution in [3.63, 3.8) is 0 Å². The first-order chi connectivity index (χ1) is 9.99. The van der Waals surface area contributed by atoms with Crippen LogP contribution in [0.25, 0.3) is 0 Å². The molecule has 0 radical (unpaired) electrons. The van der Waals surface area contributed by atoms with Gasteiger partial charge in [-0.3, -0.25) is 4.79 Å². The molecule has 2 aromatic heterocycles.